The van der Waals surface area contributed by atoms with Crippen LogP contribution in [0.25, 0.3) is 0 Å². The largest absolute Gasteiger partial charge is 0.462 e. The van der Waals surface area contributed by atoms with Crippen LogP contribution < -0.4 is 0 Å². The van der Waals surface area contributed by atoms with Gasteiger partial charge in [0, 0.05) is 19.3 Å². The molecule has 0 heterocycles. The molecule has 0 aliphatic heterocycles. The van der Waals surface area contributed by atoms with Crippen LogP contribution in [0.2, 0.25) is 0 Å². The van der Waals surface area contributed by atoms with Crippen LogP contribution >= 0.6 is 0 Å². The Morgan fingerprint density at radius 3 is 0.802 bits per heavy atom. The fourth-order valence-corrected chi connectivity index (χ4v) is 8.17. The van der Waals surface area contributed by atoms with Gasteiger partial charge in [0.1, 0.15) is 13.2 Å². The first-order chi connectivity index (χ1) is 40.0. The zero-order chi connectivity index (χ0) is 58.5. The second-order valence-corrected chi connectivity index (χ2v) is 20.6. The fourth-order valence-electron chi connectivity index (χ4n) is 8.17. The van der Waals surface area contributed by atoms with E-state index < -0.39 is 12.1 Å². The maximum Gasteiger partial charge on any atom is 0.306 e. The molecule has 6 nitrogen and oxygen atoms in total. The fraction of sp³-hybridized carbons (Fsp3) is 0.560. The first-order valence-corrected chi connectivity index (χ1v) is 32.3. The molecule has 0 fully saturated rings. The van der Waals surface area contributed by atoms with Crippen LogP contribution in [0.5, 0.6) is 0 Å². The maximum atomic E-state index is 12.8. The molecule has 0 aromatic heterocycles. The highest BCUT2D eigenvalue weighted by Crippen LogP contribution is 2.14. The van der Waals surface area contributed by atoms with E-state index in [1.165, 1.54) is 57.8 Å². The Balaban J connectivity index is 4.31. The van der Waals surface area contributed by atoms with Crippen LogP contribution in [-0.2, 0) is 28.6 Å². The highest BCUT2D eigenvalue weighted by molar-refractivity contribution is 5.71. The summed E-state index contributed by atoms with van der Waals surface area (Å²) in [5.41, 5.74) is 0. The van der Waals surface area contributed by atoms with Gasteiger partial charge in [-0.15, -0.1) is 0 Å². The monoisotopic (exact) mass is 1110 g/mol. The van der Waals surface area contributed by atoms with E-state index in [1.54, 1.807) is 0 Å². The molecular weight excluding hydrogens is 997 g/mol. The molecule has 0 N–H and O–H groups in total. The van der Waals surface area contributed by atoms with Crippen molar-refractivity contribution in [2.45, 2.75) is 258 Å². The van der Waals surface area contributed by atoms with Crippen molar-refractivity contribution in [1.82, 2.24) is 0 Å². The second-order valence-electron chi connectivity index (χ2n) is 20.6. The van der Waals surface area contributed by atoms with Gasteiger partial charge in [0.25, 0.3) is 0 Å². The standard InChI is InChI=1S/C75H116O6/c1-4-7-10-13-16-19-21-23-25-27-29-30-31-32-33-34-35-36-37-38-39-40-41-42-43-44-46-47-49-51-53-56-59-62-65-68-74(77)80-71-72(70-79-73(76)67-64-61-58-55-18-15-12-9-6-3)81-75(78)69-66-63-60-57-54-52-50-48-45-28-26-24-22-20-17-14-11-8-5-2/h7-8,10-11,16-17,19-20,23-26,29-30,32-33,35-36,38-39,41-42,44-46,48,52,54,60,63,72H,4-6,9,12-15,18,21-22,27-28,31,34,37,40,43,47,49-51,53,55-59,61-62,64-71H2,1-3H3/b10-7-,11-8-,19-16-,20-17-,25-23-,26-24-,30-29-,33-32-,36-35-,39-38-,42-41-,46-44-,48-45-,54-52-,63-60-. The van der Waals surface area contributed by atoms with Crippen molar-refractivity contribution in [2.75, 3.05) is 13.2 Å². The van der Waals surface area contributed by atoms with Gasteiger partial charge < -0.3 is 14.2 Å². The molecule has 6 heteroatoms. The van der Waals surface area contributed by atoms with Crippen molar-refractivity contribution in [3.8, 4) is 0 Å². The summed E-state index contributed by atoms with van der Waals surface area (Å²) in [6.07, 6.45) is 101. The van der Waals surface area contributed by atoms with Crippen molar-refractivity contribution in [2.24, 2.45) is 0 Å². The van der Waals surface area contributed by atoms with E-state index in [-0.39, 0.29) is 31.6 Å². The predicted molar refractivity (Wildman–Crippen MR) is 352 cm³/mol. The van der Waals surface area contributed by atoms with Crippen LogP contribution in [0.15, 0.2) is 182 Å². The zero-order valence-electron chi connectivity index (χ0n) is 51.7. The average molecular weight is 1110 g/mol. The summed E-state index contributed by atoms with van der Waals surface area (Å²) < 4.78 is 16.8. The van der Waals surface area contributed by atoms with E-state index in [4.69, 9.17) is 14.2 Å². The molecule has 1 unspecified atom stereocenters. The Kier molecular flexibility index (Phi) is 62.5. The minimum absolute atomic E-state index is 0.118. The Morgan fingerprint density at radius 2 is 0.506 bits per heavy atom. The Bertz CT molecular complexity index is 1900. The highest BCUT2D eigenvalue weighted by atomic mass is 16.6. The molecule has 0 radical (unpaired) electrons. The van der Waals surface area contributed by atoms with Crippen LogP contribution in [0, 0.1) is 0 Å². The Morgan fingerprint density at radius 1 is 0.259 bits per heavy atom. The van der Waals surface area contributed by atoms with Crippen molar-refractivity contribution >= 4 is 17.9 Å². The van der Waals surface area contributed by atoms with Gasteiger partial charge in [0.2, 0.25) is 0 Å². The number of carbonyl (C=O) groups is 3. The quantitative estimate of drug-likeness (QED) is 0.0261. The third-order valence-corrected chi connectivity index (χ3v) is 12.9. The molecule has 81 heavy (non-hydrogen) atoms. The van der Waals surface area contributed by atoms with Gasteiger partial charge in [-0.1, -0.05) is 287 Å². The van der Waals surface area contributed by atoms with Crippen molar-refractivity contribution in [3.05, 3.63) is 182 Å². The molecule has 0 saturated heterocycles. The maximum absolute atomic E-state index is 12.8. The summed E-state index contributed by atoms with van der Waals surface area (Å²) in [6.45, 7) is 6.30. The molecule has 1 atom stereocenters. The summed E-state index contributed by atoms with van der Waals surface area (Å²) in [5.74, 6) is -1.03. The zero-order valence-corrected chi connectivity index (χ0v) is 51.7. The van der Waals surface area contributed by atoms with Gasteiger partial charge in [0.15, 0.2) is 6.10 Å². The van der Waals surface area contributed by atoms with Gasteiger partial charge >= 0.3 is 17.9 Å². The number of unbranched alkanes of at least 4 members (excludes halogenated alkanes) is 15. The number of esters is 3. The molecule has 0 aromatic rings. The molecule has 0 spiro atoms. The molecule has 0 aliphatic rings. The van der Waals surface area contributed by atoms with Gasteiger partial charge in [-0.3, -0.25) is 14.4 Å². The number of hydrogen-bond acceptors (Lipinski definition) is 6. The highest BCUT2D eigenvalue weighted by Gasteiger charge is 2.19. The first kappa shape index (κ1) is 75.5. The lowest BCUT2D eigenvalue weighted by Crippen LogP contribution is -2.30. The lowest BCUT2D eigenvalue weighted by atomic mass is 10.1. The molecule has 0 amide bonds. The van der Waals surface area contributed by atoms with E-state index in [0.29, 0.717) is 19.3 Å². The topological polar surface area (TPSA) is 78.9 Å². The molecule has 452 valence electrons. The normalized spacial score (nSPS) is 13.4. The van der Waals surface area contributed by atoms with Crippen LogP contribution in [-0.4, -0.2) is 37.2 Å². The van der Waals surface area contributed by atoms with Crippen molar-refractivity contribution in [1.29, 1.82) is 0 Å². The van der Waals surface area contributed by atoms with E-state index in [2.05, 4.69) is 191 Å². The summed E-state index contributed by atoms with van der Waals surface area (Å²) in [5, 5.41) is 0. The summed E-state index contributed by atoms with van der Waals surface area (Å²) >= 11 is 0. The molecule has 0 bridgehead atoms. The van der Waals surface area contributed by atoms with E-state index in [1.807, 2.05) is 12.2 Å². The van der Waals surface area contributed by atoms with Crippen molar-refractivity contribution < 1.29 is 28.6 Å². The third-order valence-electron chi connectivity index (χ3n) is 12.9. The number of carbonyl (C=O) groups excluding carboxylic acids is 3. The van der Waals surface area contributed by atoms with Crippen LogP contribution in [0.3, 0.4) is 0 Å². The molecule has 0 aliphatic carbocycles. The van der Waals surface area contributed by atoms with Gasteiger partial charge in [0.05, 0.1) is 0 Å². The van der Waals surface area contributed by atoms with Crippen molar-refractivity contribution in [3.63, 3.8) is 0 Å². The lowest BCUT2D eigenvalue weighted by molar-refractivity contribution is -0.166. The molecule has 0 rings (SSSR count). The van der Waals surface area contributed by atoms with Crippen LogP contribution in [0.1, 0.15) is 252 Å². The Labute approximate surface area is 497 Å². The third kappa shape index (κ3) is 65.2. The SMILES string of the molecule is CC/C=C\C/C=C\C/C=C\C/C=C\C/C=C\C/C=C\C/C=C\C/C=C\C/C=C\CCCCCCCCCC(=O)OCC(COC(=O)CCCCCCCCCCC)OC(=O)CC/C=C\C/C=C\C/C=C\C/C=C\C/C=C\C/C=C\CC. The summed E-state index contributed by atoms with van der Waals surface area (Å²) in [4.78, 5) is 38.1. The smallest absolute Gasteiger partial charge is 0.306 e. The van der Waals surface area contributed by atoms with Crippen LogP contribution in [0.4, 0.5) is 0 Å². The molecule has 0 aromatic carbocycles. The van der Waals surface area contributed by atoms with Gasteiger partial charge in [-0.25, -0.2) is 0 Å². The summed E-state index contributed by atoms with van der Waals surface area (Å²) in [7, 11) is 0. The predicted octanol–water partition coefficient (Wildman–Crippen LogP) is 22.4. The minimum Gasteiger partial charge on any atom is -0.462 e. The van der Waals surface area contributed by atoms with Gasteiger partial charge in [-0.2, -0.15) is 0 Å². The first-order valence-electron chi connectivity index (χ1n) is 32.3. The van der Waals surface area contributed by atoms with E-state index in [0.717, 1.165) is 148 Å². The molecule has 0 saturated carbocycles. The molecular formula is C75H116O6. The lowest BCUT2D eigenvalue weighted by Gasteiger charge is -2.18. The number of hydrogen-bond donors (Lipinski definition) is 0. The number of allylic oxidation sites excluding steroid dienone is 30. The second kappa shape index (κ2) is 67.0. The Hall–Kier alpha value is -5.49. The summed E-state index contributed by atoms with van der Waals surface area (Å²) in [6, 6.07) is 0. The van der Waals surface area contributed by atoms with Gasteiger partial charge in [-0.05, 0) is 128 Å². The van der Waals surface area contributed by atoms with E-state index >= 15 is 0 Å². The van der Waals surface area contributed by atoms with E-state index in [9.17, 15) is 14.4 Å². The number of rotatable bonds is 56. The number of ether oxygens (including phenoxy) is 3. The average Bonchev–Trinajstić information content (AvgIpc) is 3.47. The minimum atomic E-state index is -0.830.